The fraction of sp³-hybridized carbons (Fsp3) is 0.250. The summed E-state index contributed by atoms with van der Waals surface area (Å²) in [6.07, 6.45) is 0. The van der Waals surface area contributed by atoms with Crippen LogP contribution in [0.25, 0.3) is 0 Å². The summed E-state index contributed by atoms with van der Waals surface area (Å²) < 4.78 is 0. The van der Waals surface area contributed by atoms with Gasteiger partial charge in [0.25, 0.3) is 0 Å². The van der Waals surface area contributed by atoms with Gasteiger partial charge in [0.2, 0.25) is 0 Å². The summed E-state index contributed by atoms with van der Waals surface area (Å²) in [5, 5.41) is 0.169. The molecule has 1 aromatic rings. The summed E-state index contributed by atoms with van der Waals surface area (Å²) >= 11 is 9.90. The van der Waals surface area contributed by atoms with E-state index >= 15 is 0 Å². The zero-order valence-corrected chi connectivity index (χ0v) is 7.15. The van der Waals surface area contributed by atoms with Crippen molar-refractivity contribution in [1.29, 1.82) is 0 Å². The van der Waals surface area contributed by atoms with Crippen LogP contribution in [0.4, 0.5) is 0 Å². The Balaban J connectivity index is 2.75. The number of rotatable bonds is 2. The van der Waals surface area contributed by atoms with Crippen molar-refractivity contribution >= 4 is 24.2 Å². The fourth-order valence-electron chi connectivity index (χ4n) is 0.764. The Morgan fingerprint density at radius 3 is 2.40 bits per heavy atom. The molecular formula is C8H9ClS. The Labute approximate surface area is 71.6 Å². The SMILES string of the molecule is SC(CCl)c1ccccc1. The highest BCUT2D eigenvalue weighted by molar-refractivity contribution is 7.80. The average molecular weight is 173 g/mol. The zero-order valence-electron chi connectivity index (χ0n) is 5.50. The van der Waals surface area contributed by atoms with Gasteiger partial charge in [-0.25, -0.2) is 0 Å². The highest BCUT2D eigenvalue weighted by Crippen LogP contribution is 2.19. The first kappa shape index (κ1) is 7.96. The van der Waals surface area contributed by atoms with Crippen molar-refractivity contribution < 1.29 is 0 Å². The molecule has 0 radical (unpaired) electrons. The van der Waals surface area contributed by atoms with Crippen LogP contribution in [0.1, 0.15) is 10.8 Å². The molecule has 0 aliphatic heterocycles. The van der Waals surface area contributed by atoms with Gasteiger partial charge in [0.05, 0.1) is 0 Å². The number of hydrogen-bond acceptors (Lipinski definition) is 1. The zero-order chi connectivity index (χ0) is 7.40. The molecule has 0 saturated carbocycles. The van der Waals surface area contributed by atoms with E-state index in [9.17, 15) is 0 Å². The highest BCUT2D eigenvalue weighted by atomic mass is 35.5. The number of thiol groups is 1. The van der Waals surface area contributed by atoms with Gasteiger partial charge in [-0.05, 0) is 5.56 Å². The lowest BCUT2D eigenvalue weighted by atomic mass is 10.2. The van der Waals surface area contributed by atoms with Crippen LogP contribution in [0.5, 0.6) is 0 Å². The van der Waals surface area contributed by atoms with Crippen LogP contribution < -0.4 is 0 Å². The van der Waals surface area contributed by atoms with Crippen molar-refractivity contribution in [2.75, 3.05) is 5.88 Å². The molecule has 0 amide bonds. The van der Waals surface area contributed by atoms with Gasteiger partial charge in [0, 0.05) is 11.1 Å². The Morgan fingerprint density at radius 1 is 1.30 bits per heavy atom. The van der Waals surface area contributed by atoms with E-state index in [1.165, 1.54) is 5.56 Å². The Kier molecular flexibility index (Phi) is 3.10. The van der Waals surface area contributed by atoms with Crippen LogP contribution in [0.3, 0.4) is 0 Å². The Morgan fingerprint density at radius 2 is 1.90 bits per heavy atom. The standard InChI is InChI=1S/C8H9ClS/c9-6-8(10)7-4-2-1-3-5-7/h1-5,8,10H,6H2. The quantitative estimate of drug-likeness (QED) is 0.515. The van der Waals surface area contributed by atoms with Crippen molar-refractivity contribution in [3.05, 3.63) is 35.9 Å². The molecule has 0 bridgehead atoms. The van der Waals surface area contributed by atoms with Gasteiger partial charge in [0.1, 0.15) is 0 Å². The Bertz CT molecular complexity index is 186. The van der Waals surface area contributed by atoms with Crippen LogP contribution in [0, 0.1) is 0 Å². The smallest absolute Gasteiger partial charge is 0.0402 e. The van der Waals surface area contributed by atoms with Gasteiger partial charge in [0.15, 0.2) is 0 Å². The molecule has 0 fully saturated rings. The number of hydrogen-bond donors (Lipinski definition) is 1. The molecule has 0 aliphatic carbocycles. The van der Waals surface area contributed by atoms with E-state index in [4.69, 9.17) is 11.6 Å². The van der Waals surface area contributed by atoms with Gasteiger partial charge < -0.3 is 0 Å². The van der Waals surface area contributed by atoms with Gasteiger partial charge in [-0.2, -0.15) is 12.6 Å². The molecule has 10 heavy (non-hydrogen) atoms. The van der Waals surface area contributed by atoms with Crippen LogP contribution >= 0.6 is 24.2 Å². The van der Waals surface area contributed by atoms with Crippen LogP contribution in [0.2, 0.25) is 0 Å². The lowest BCUT2D eigenvalue weighted by molar-refractivity contribution is 1.12. The van der Waals surface area contributed by atoms with Gasteiger partial charge in [-0.1, -0.05) is 30.3 Å². The topological polar surface area (TPSA) is 0 Å². The molecule has 0 N–H and O–H groups in total. The molecule has 0 heterocycles. The average Bonchev–Trinajstić information content (AvgIpc) is 2.05. The van der Waals surface area contributed by atoms with Crippen LogP contribution in [-0.4, -0.2) is 5.88 Å². The van der Waals surface area contributed by atoms with E-state index in [2.05, 4.69) is 12.6 Å². The van der Waals surface area contributed by atoms with Crippen LogP contribution in [0.15, 0.2) is 30.3 Å². The first-order valence-electron chi connectivity index (χ1n) is 3.13. The summed E-state index contributed by atoms with van der Waals surface area (Å²) in [5.74, 6) is 0.563. The summed E-state index contributed by atoms with van der Waals surface area (Å²) in [7, 11) is 0. The summed E-state index contributed by atoms with van der Waals surface area (Å²) in [6, 6.07) is 10.0. The van der Waals surface area contributed by atoms with Crippen molar-refractivity contribution in [1.82, 2.24) is 0 Å². The molecular weight excluding hydrogens is 164 g/mol. The molecule has 0 aliphatic rings. The second-order valence-electron chi connectivity index (χ2n) is 2.08. The maximum absolute atomic E-state index is 5.61. The maximum Gasteiger partial charge on any atom is 0.0402 e. The van der Waals surface area contributed by atoms with Crippen molar-refractivity contribution in [3.63, 3.8) is 0 Å². The predicted octanol–water partition coefficient (Wildman–Crippen LogP) is 2.90. The summed E-state index contributed by atoms with van der Waals surface area (Å²) in [6.45, 7) is 0. The molecule has 0 spiro atoms. The minimum absolute atomic E-state index is 0.169. The normalized spacial score (nSPS) is 13.0. The third-order valence-electron chi connectivity index (χ3n) is 1.33. The van der Waals surface area contributed by atoms with Gasteiger partial charge >= 0.3 is 0 Å². The van der Waals surface area contributed by atoms with Crippen molar-refractivity contribution in [2.24, 2.45) is 0 Å². The monoisotopic (exact) mass is 172 g/mol. The Hall–Kier alpha value is -0.140. The maximum atomic E-state index is 5.61. The number of alkyl halides is 1. The summed E-state index contributed by atoms with van der Waals surface area (Å²) in [5.41, 5.74) is 1.18. The third kappa shape index (κ3) is 1.93. The molecule has 1 aromatic carbocycles. The molecule has 0 nitrogen and oxygen atoms in total. The highest BCUT2D eigenvalue weighted by Gasteiger charge is 2.01. The summed E-state index contributed by atoms with van der Waals surface area (Å²) in [4.78, 5) is 0. The fourth-order valence-corrected chi connectivity index (χ4v) is 1.11. The minimum atomic E-state index is 0.169. The van der Waals surface area contributed by atoms with E-state index in [0.717, 1.165) is 0 Å². The minimum Gasteiger partial charge on any atom is -0.170 e. The van der Waals surface area contributed by atoms with E-state index in [0.29, 0.717) is 5.88 Å². The predicted molar refractivity (Wildman–Crippen MR) is 48.9 cm³/mol. The van der Waals surface area contributed by atoms with Gasteiger partial charge in [-0.3, -0.25) is 0 Å². The number of halogens is 1. The largest absolute Gasteiger partial charge is 0.170 e. The van der Waals surface area contributed by atoms with E-state index < -0.39 is 0 Å². The molecule has 1 atom stereocenters. The van der Waals surface area contributed by atoms with E-state index in [1.807, 2.05) is 30.3 Å². The molecule has 1 rings (SSSR count). The third-order valence-corrected chi connectivity index (χ3v) is 2.34. The molecule has 0 saturated heterocycles. The molecule has 54 valence electrons. The second kappa shape index (κ2) is 3.89. The molecule has 2 heteroatoms. The molecule has 0 aromatic heterocycles. The van der Waals surface area contributed by atoms with Crippen molar-refractivity contribution in [2.45, 2.75) is 5.25 Å². The first-order valence-corrected chi connectivity index (χ1v) is 4.18. The van der Waals surface area contributed by atoms with Gasteiger partial charge in [-0.15, -0.1) is 11.6 Å². The van der Waals surface area contributed by atoms with Crippen molar-refractivity contribution in [3.8, 4) is 0 Å². The number of benzene rings is 1. The second-order valence-corrected chi connectivity index (χ2v) is 3.01. The lowest BCUT2D eigenvalue weighted by Gasteiger charge is -2.04. The molecule has 1 unspecified atom stereocenters. The van der Waals surface area contributed by atoms with E-state index in [1.54, 1.807) is 0 Å². The van der Waals surface area contributed by atoms with Crippen LogP contribution in [-0.2, 0) is 0 Å². The first-order chi connectivity index (χ1) is 4.84. The lowest BCUT2D eigenvalue weighted by Crippen LogP contribution is -1.89. The van der Waals surface area contributed by atoms with E-state index in [-0.39, 0.29) is 5.25 Å².